The molecule has 94 heavy (non-hydrogen) atoms. The molecule has 0 spiro atoms. The lowest BCUT2D eigenvalue weighted by Gasteiger charge is -2.21. The third kappa shape index (κ3) is 67.3. The first-order chi connectivity index (χ1) is 45.6. The van der Waals surface area contributed by atoms with E-state index in [1.165, 1.54) is 212 Å². The Balaban J connectivity index is 5.11. The van der Waals surface area contributed by atoms with E-state index >= 15 is 0 Å². The predicted octanol–water partition coefficient (Wildman–Crippen LogP) is 22.1. The Morgan fingerprint density at radius 2 is 0.511 bits per heavy atom. The first-order valence-electron chi connectivity index (χ1n) is 39.2. The predicted molar refractivity (Wildman–Crippen MR) is 382 cm³/mol. The number of aliphatic hydroxyl groups excluding tert-OH is 1. The minimum absolute atomic E-state index is 0.107. The van der Waals surface area contributed by atoms with E-state index in [1.54, 1.807) is 0 Å². The summed E-state index contributed by atoms with van der Waals surface area (Å²) in [5.74, 6) is -1.32. The Labute approximate surface area is 575 Å². The molecule has 0 aromatic carbocycles. The van der Waals surface area contributed by atoms with E-state index in [2.05, 4.69) is 34.6 Å². The van der Waals surface area contributed by atoms with Gasteiger partial charge in [0, 0.05) is 25.7 Å². The van der Waals surface area contributed by atoms with Gasteiger partial charge in [-0.1, -0.05) is 343 Å². The zero-order valence-corrected chi connectivity index (χ0v) is 62.9. The van der Waals surface area contributed by atoms with Gasteiger partial charge in [-0.2, -0.15) is 0 Å². The van der Waals surface area contributed by atoms with E-state index in [1.807, 2.05) is 0 Å². The average molecular weight is 1380 g/mol. The lowest BCUT2D eigenvalue weighted by molar-refractivity contribution is -0.161. The van der Waals surface area contributed by atoms with Gasteiger partial charge in [0.05, 0.1) is 26.4 Å². The number of phosphoric ester groups is 2. The molecule has 0 rings (SSSR count). The highest BCUT2D eigenvalue weighted by molar-refractivity contribution is 7.47. The zero-order chi connectivity index (χ0) is 69.1. The van der Waals surface area contributed by atoms with Crippen molar-refractivity contribution in [3.63, 3.8) is 0 Å². The van der Waals surface area contributed by atoms with Gasteiger partial charge in [0.1, 0.15) is 19.3 Å². The van der Waals surface area contributed by atoms with Crippen molar-refractivity contribution in [2.24, 2.45) is 5.92 Å². The van der Waals surface area contributed by atoms with Crippen molar-refractivity contribution >= 4 is 39.5 Å². The topological polar surface area (TPSA) is 237 Å². The fourth-order valence-electron chi connectivity index (χ4n) is 11.5. The summed E-state index contributed by atoms with van der Waals surface area (Å²) in [4.78, 5) is 72.5. The summed E-state index contributed by atoms with van der Waals surface area (Å²) in [6, 6.07) is 0. The molecule has 0 aliphatic rings. The zero-order valence-electron chi connectivity index (χ0n) is 61.1. The van der Waals surface area contributed by atoms with E-state index in [0.717, 1.165) is 102 Å². The van der Waals surface area contributed by atoms with Gasteiger partial charge in [0.15, 0.2) is 12.2 Å². The number of ether oxygens (including phenoxy) is 4. The van der Waals surface area contributed by atoms with Crippen molar-refractivity contribution in [2.45, 2.75) is 412 Å². The molecule has 19 heteroatoms. The Morgan fingerprint density at radius 1 is 0.298 bits per heavy atom. The second-order valence-electron chi connectivity index (χ2n) is 27.3. The SMILES string of the molecule is CCCCCCCCCCCCCCCCCCCCCCCCC(=O)O[C@H](COC(=O)CCCCCCCCCCCCC(C)CC)COP(=O)(O)OC[C@@H](O)COP(=O)(O)OC[C@@H](COC(=O)CCCCCCC)OC(=O)CCCCCCCCCCCCCCC. The van der Waals surface area contributed by atoms with Gasteiger partial charge in [-0.05, 0) is 31.6 Å². The van der Waals surface area contributed by atoms with E-state index in [4.69, 9.17) is 37.0 Å². The molecule has 0 aliphatic heterocycles. The number of esters is 4. The minimum atomic E-state index is -4.95. The van der Waals surface area contributed by atoms with Gasteiger partial charge in [-0.25, -0.2) is 9.13 Å². The lowest BCUT2D eigenvalue weighted by atomic mass is 9.99. The third-order valence-corrected chi connectivity index (χ3v) is 19.8. The molecule has 0 fully saturated rings. The summed E-state index contributed by atoms with van der Waals surface area (Å²) >= 11 is 0. The molecule has 0 saturated carbocycles. The number of carbonyl (C=O) groups excluding carboxylic acids is 4. The molecule has 0 radical (unpaired) electrons. The number of rotatable bonds is 75. The highest BCUT2D eigenvalue weighted by Gasteiger charge is 2.30. The standard InChI is InChI=1S/C75H146O17P2/c1-6-10-13-16-18-20-22-24-25-26-27-28-29-30-31-32-34-36-42-46-51-56-61-75(80)92-71(65-86-73(78)59-54-49-44-40-38-37-39-43-48-52-57-68(5)9-4)67-90-94(83,84)88-63-69(76)62-87-93(81,82)89-66-70(64-85-72(77)58-53-47-15-12-8-3)91-74(79)60-55-50-45-41-35-33-23-21-19-17-14-11-7-2/h68-71,76H,6-67H2,1-5H3,(H,81,82)(H,83,84)/t68?,69-,70+,71+/m0/s1. The summed E-state index contributed by atoms with van der Waals surface area (Å²) in [7, 11) is -9.90. The number of carbonyl (C=O) groups is 4. The molecule has 17 nitrogen and oxygen atoms in total. The second kappa shape index (κ2) is 68.2. The van der Waals surface area contributed by atoms with Gasteiger partial charge in [0.2, 0.25) is 0 Å². The fourth-order valence-corrected chi connectivity index (χ4v) is 13.1. The van der Waals surface area contributed by atoms with Crippen molar-refractivity contribution in [2.75, 3.05) is 39.6 Å². The van der Waals surface area contributed by atoms with Crippen LogP contribution in [0, 0.1) is 5.92 Å². The van der Waals surface area contributed by atoms with E-state index in [0.29, 0.717) is 25.7 Å². The Bertz CT molecular complexity index is 1810. The van der Waals surface area contributed by atoms with Gasteiger partial charge in [0.25, 0.3) is 0 Å². The molecule has 0 aromatic rings. The number of hydrogen-bond acceptors (Lipinski definition) is 15. The molecule has 6 atom stereocenters. The number of phosphoric acid groups is 2. The summed E-state index contributed by atoms with van der Waals surface area (Å²) < 4.78 is 68.2. The smallest absolute Gasteiger partial charge is 0.462 e. The average Bonchev–Trinajstić information content (AvgIpc) is 1.25. The number of unbranched alkanes of at least 4 members (excludes halogenated alkanes) is 46. The van der Waals surface area contributed by atoms with E-state index in [-0.39, 0.29) is 25.7 Å². The van der Waals surface area contributed by atoms with Crippen LogP contribution in [0.3, 0.4) is 0 Å². The van der Waals surface area contributed by atoms with Gasteiger partial charge in [-0.3, -0.25) is 37.3 Å². The summed E-state index contributed by atoms with van der Waals surface area (Å²) in [5.41, 5.74) is 0. The van der Waals surface area contributed by atoms with Crippen LogP contribution in [0.2, 0.25) is 0 Å². The quantitative estimate of drug-likeness (QED) is 0.0222. The highest BCUT2D eigenvalue weighted by Crippen LogP contribution is 2.45. The maximum absolute atomic E-state index is 13.1. The minimum Gasteiger partial charge on any atom is -0.462 e. The van der Waals surface area contributed by atoms with E-state index in [9.17, 15) is 43.2 Å². The van der Waals surface area contributed by atoms with Crippen LogP contribution in [-0.2, 0) is 65.4 Å². The highest BCUT2D eigenvalue weighted by atomic mass is 31.2. The molecule has 0 amide bonds. The van der Waals surface area contributed by atoms with Crippen LogP contribution >= 0.6 is 15.6 Å². The van der Waals surface area contributed by atoms with Gasteiger partial charge >= 0.3 is 39.5 Å². The Morgan fingerprint density at radius 3 is 0.755 bits per heavy atom. The lowest BCUT2D eigenvalue weighted by Crippen LogP contribution is -2.30. The van der Waals surface area contributed by atoms with Crippen molar-refractivity contribution in [1.82, 2.24) is 0 Å². The van der Waals surface area contributed by atoms with Crippen molar-refractivity contribution < 1.29 is 80.2 Å². The molecule has 0 bridgehead atoms. The van der Waals surface area contributed by atoms with Crippen molar-refractivity contribution in [3.05, 3.63) is 0 Å². The first-order valence-corrected chi connectivity index (χ1v) is 42.2. The molecule has 0 aliphatic carbocycles. The molecule has 0 heterocycles. The Hall–Kier alpha value is -1.94. The summed E-state index contributed by atoms with van der Waals surface area (Å²) in [5, 5.41) is 10.6. The first kappa shape index (κ1) is 92.1. The van der Waals surface area contributed by atoms with Crippen LogP contribution in [0.25, 0.3) is 0 Å². The molecule has 3 N–H and O–H groups in total. The van der Waals surface area contributed by atoms with Crippen LogP contribution in [0.5, 0.6) is 0 Å². The van der Waals surface area contributed by atoms with E-state index < -0.39 is 97.5 Å². The molecule has 0 saturated heterocycles. The fraction of sp³-hybridized carbons (Fsp3) is 0.947. The Kier molecular flexibility index (Phi) is 66.8. The number of aliphatic hydroxyl groups is 1. The molecular formula is C75H146O17P2. The second-order valence-corrected chi connectivity index (χ2v) is 30.2. The third-order valence-electron chi connectivity index (χ3n) is 17.9. The van der Waals surface area contributed by atoms with Crippen molar-refractivity contribution in [3.8, 4) is 0 Å². The number of hydrogen-bond donors (Lipinski definition) is 3. The molecule has 3 unspecified atom stereocenters. The molecule has 0 aromatic heterocycles. The van der Waals surface area contributed by atoms with Gasteiger partial charge < -0.3 is 33.8 Å². The maximum atomic E-state index is 13.1. The summed E-state index contributed by atoms with van der Waals surface area (Å²) in [6.07, 6.45) is 57.3. The van der Waals surface area contributed by atoms with Gasteiger partial charge in [-0.15, -0.1) is 0 Å². The van der Waals surface area contributed by atoms with Crippen LogP contribution < -0.4 is 0 Å². The van der Waals surface area contributed by atoms with Crippen molar-refractivity contribution in [1.29, 1.82) is 0 Å². The maximum Gasteiger partial charge on any atom is 0.472 e. The van der Waals surface area contributed by atoms with Crippen LogP contribution in [0.1, 0.15) is 394 Å². The molecule has 558 valence electrons. The van der Waals surface area contributed by atoms with Crippen LogP contribution in [-0.4, -0.2) is 96.7 Å². The van der Waals surface area contributed by atoms with Crippen LogP contribution in [0.15, 0.2) is 0 Å². The molecular weight excluding hydrogens is 1230 g/mol. The largest absolute Gasteiger partial charge is 0.472 e. The normalized spacial score (nSPS) is 14.3. The summed E-state index contributed by atoms with van der Waals surface area (Å²) in [6.45, 7) is 7.22. The monoisotopic (exact) mass is 1380 g/mol. The van der Waals surface area contributed by atoms with Crippen LogP contribution in [0.4, 0.5) is 0 Å².